The molecule has 8 nitrogen and oxygen atoms in total. The maximum absolute atomic E-state index is 9.34. The Bertz CT molecular complexity index is 2760. The molecular formula is C44H24N8S. The van der Waals surface area contributed by atoms with Gasteiger partial charge >= 0.3 is 0 Å². The van der Waals surface area contributed by atoms with Gasteiger partial charge in [-0.2, -0.15) is 10.5 Å². The zero-order valence-corrected chi connectivity index (χ0v) is 28.7. The number of hydrogen-bond acceptors (Lipinski definition) is 9. The van der Waals surface area contributed by atoms with Crippen LogP contribution in [-0.2, 0) is 0 Å². The number of aromatic nitrogens is 6. The number of thiophene rings is 1. The lowest BCUT2D eigenvalue weighted by Crippen LogP contribution is -2.00. The van der Waals surface area contributed by atoms with Gasteiger partial charge in [0, 0.05) is 53.6 Å². The summed E-state index contributed by atoms with van der Waals surface area (Å²) in [5, 5.41) is 20.8. The van der Waals surface area contributed by atoms with Gasteiger partial charge in [0.2, 0.25) is 0 Å². The molecule has 6 aromatic carbocycles. The molecule has 246 valence electrons. The van der Waals surface area contributed by atoms with Crippen molar-refractivity contribution in [2.75, 3.05) is 0 Å². The predicted molar refractivity (Wildman–Crippen MR) is 208 cm³/mol. The van der Waals surface area contributed by atoms with E-state index in [2.05, 4.69) is 36.4 Å². The molecule has 3 aromatic heterocycles. The molecule has 0 unspecified atom stereocenters. The molecule has 0 N–H and O–H groups in total. The number of fused-ring (bicyclic) bond motifs is 3. The Hall–Kier alpha value is -7.46. The van der Waals surface area contributed by atoms with Gasteiger partial charge in [-0.1, -0.05) is 84.9 Å². The minimum absolute atomic E-state index is 0.482. The summed E-state index contributed by atoms with van der Waals surface area (Å²) in [7, 11) is 0. The molecule has 9 heteroatoms. The maximum atomic E-state index is 9.34. The molecular weight excluding hydrogens is 673 g/mol. The summed E-state index contributed by atoms with van der Waals surface area (Å²) in [5.41, 5.74) is 6.20. The lowest BCUT2D eigenvalue weighted by atomic mass is 10.0. The number of nitriles is 2. The van der Waals surface area contributed by atoms with Crippen molar-refractivity contribution in [3.8, 4) is 80.5 Å². The summed E-state index contributed by atoms with van der Waals surface area (Å²) in [4.78, 5) is 29.6. The highest BCUT2D eigenvalue weighted by atomic mass is 32.1. The summed E-state index contributed by atoms with van der Waals surface area (Å²) in [5.74, 6) is 3.30. The lowest BCUT2D eigenvalue weighted by Gasteiger charge is -2.10. The molecule has 0 atom stereocenters. The van der Waals surface area contributed by atoms with Crippen LogP contribution in [0.2, 0.25) is 0 Å². The average molecular weight is 697 g/mol. The van der Waals surface area contributed by atoms with Crippen LogP contribution < -0.4 is 0 Å². The van der Waals surface area contributed by atoms with Crippen LogP contribution in [0.1, 0.15) is 11.1 Å². The molecule has 0 aliphatic carbocycles. The Morgan fingerprint density at radius 1 is 0.377 bits per heavy atom. The van der Waals surface area contributed by atoms with E-state index < -0.39 is 0 Å². The van der Waals surface area contributed by atoms with Gasteiger partial charge in [0.1, 0.15) is 0 Å². The van der Waals surface area contributed by atoms with Crippen LogP contribution in [-0.4, -0.2) is 29.9 Å². The van der Waals surface area contributed by atoms with Crippen molar-refractivity contribution in [3.05, 3.63) is 157 Å². The van der Waals surface area contributed by atoms with Crippen LogP contribution in [0.3, 0.4) is 0 Å². The molecule has 0 spiro atoms. The second kappa shape index (κ2) is 13.3. The van der Waals surface area contributed by atoms with Gasteiger partial charge in [-0.25, -0.2) is 29.9 Å². The number of rotatable bonds is 6. The van der Waals surface area contributed by atoms with Crippen molar-refractivity contribution in [1.29, 1.82) is 10.5 Å². The summed E-state index contributed by atoms with van der Waals surface area (Å²) in [6.45, 7) is 0. The first-order valence-electron chi connectivity index (χ1n) is 16.7. The Morgan fingerprint density at radius 2 is 0.811 bits per heavy atom. The normalized spacial score (nSPS) is 11.0. The van der Waals surface area contributed by atoms with E-state index in [-0.39, 0.29) is 0 Å². The molecule has 53 heavy (non-hydrogen) atoms. The first kappa shape index (κ1) is 31.5. The molecule has 0 saturated carbocycles. The van der Waals surface area contributed by atoms with Crippen LogP contribution in [0, 0.1) is 22.7 Å². The van der Waals surface area contributed by atoms with E-state index in [1.807, 2.05) is 97.1 Å². The number of benzene rings is 6. The monoisotopic (exact) mass is 696 g/mol. The van der Waals surface area contributed by atoms with Crippen molar-refractivity contribution in [3.63, 3.8) is 0 Å². The Balaban J connectivity index is 1.19. The zero-order valence-electron chi connectivity index (χ0n) is 27.8. The van der Waals surface area contributed by atoms with E-state index in [1.54, 1.807) is 35.6 Å². The van der Waals surface area contributed by atoms with Gasteiger partial charge in [0.25, 0.3) is 0 Å². The highest BCUT2D eigenvalue weighted by molar-refractivity contribution is 7.26. The quantitative estimate of drug-likeness (QED) is 0.168. The number of hydrogen-bond donors (Lipinski definition) is 0. The van der Waals surface area contributed by atoms with Crippen molar-refractivity contribution < 1.29 is 0 Å². The highest BCUT2D eigenvalue weighted by Gasteiger charge is 2.19. The van der Waals surface area contributed by atoms with Crippen LogP contribution >= 0.6 is 11.3 Å². The SMILES string of the molecule is N#Cc1ccc(-c2nc(-c3ccc(C#N)cc3)nc(-c3ccc4c(c3)sc3cccc(-c5nc(-c6ccccc6)nc(-c6ccccc6)n5)c34)n2)cc1. The molecule has 9 aromatic rings. The summed E-state index contributed by atoms with van der Waals surface area (Å²) < 4.78 is 2.16. The Labute approximate surface area is 308 Å². The summed E-state index contributed by atoms with van der Waals surface area (Å²) in [6, 6.07) is 51.1. The van der Waals surface area contributed by atoms with E-state index in [0.29, 0.717) is 46.1 Å². The lowest BCUT2D eigenvalue weighted by molar-refractivity contribution is 1.07. The smallest absolute Gasteiger partial charge is 0.164 e. The molecule has 0 saturated heterocycles. The van der Waals surface area contributed by atoms with E-state index in [4.69, 9.17) is 29.9 Å². The predicted octanol–water partition coefficient (Wildman–Crippen LogP) is 10.2. The van der Waals surface area contributed by atoms with Gasteiger partial charge in [0.15, 0.2) is 34.9 Å². The van der Waals surface area contributed by atoms with Gasteiger partial charge in [-0.15, -0.1) is 11.3 Å². The Kier molecular flexibility index (Phi) is 7.94. The van der Waals surface area contributed by atoms with Crippen LogP contribution in [0.15, 0.2) is 146 Å². The molecule has 0 amide bonds. The van der Waals surface area contributed by atoms with Gasteiger partial charge in [0.05, 0.1) is 23.3 Å². The van der Waals surface area contributed by atoms with Crippen LogP contribution in [0.5, 0.6) is 0 Å². The van der Waals surface area contributed by atoms with Crippen molar-refractivity contribution in [2.24, 2.45) is 0 Å². The van der Waals surface area contributed by atoms with Gasteiger partial charge in [-0.3, -0.25) is 0 Å². The third-order valence-corrected chi connectivity index (χ3v) is 9.99. The minimum atomic E-state index is 0.482. The van der Waals surface area contributed by atoms with Crippen molar-refractivity contribution >= 4 is 31.5 Å². The van der Waals surface area contributed by atoms with Crippen molar-refractivity contribution in [2.45, 2.75) is 0 Å². The fourth-order valence-electron chi connectivity index (χ4n) is 6.23. The molecule has 0 aliphatic rings. The van der Waals surface area contributed by atoms with Gasteiger partial charge in [-0.05, 0) is 60.7 Å². The molecule has 3 heterocycles. The molecule has 9 rings (SSSR count). The van der Waals surface area contributed by atoms with E-state index in [9.17, 15) is 10.5 Å². The average Bonchev–Trinajstić information content (AvgIpc) is 3.62. The molecule has 0 aliphatic heterocycles. The molecule has 0 radical (unpaired) electrons. The second-order valence-corrected chi connectivity index (χ2v) is 13.3. The third kappa shape index (κ3) is 6.04. The maximum Gasteiger partial charge on any atom is 0.164 e. The highest BCUT2D eigenvalue weighted by Crippen LogP contribution is 2.41. The largest absolute Gasteiger partial charge is 0.208 e. The van der Waals surface area contributed by atoms with Gasteiger partial charge < -0.3 is 0 Å². The zero-order chi connectivity index (χ0) is 35.7. The summed E-state index contributed by atoms with van der Waals surface area (Å²) >= 11 is 1.69. The van der Waals surface area contributed by atoms with E-state index in [0.717, 1.165) is 53.6 Å². The van der Waals surface area contributed by atoms with Crippen molar-refractivity contribution in [1.82, 2.24) is 29.9 Å². The van der Waals surface area contributed by atoms with Crippen LogP contribution in [0.25, 0.3) is 88.5 Å². The molecule has 0 fully saturated rings. The minimum Gasteiger partial charge on any atom is -0.208 e. The first-order chi connectivity index (χ1) is 26.1. The van der Waals surface area contributed by atoms with E-state index in [1.165, 1.54) is 0 Å². The first-order valence-corrected chi connectivity index (χ1v) is 17.6. The topological polar surface area (TPSA) is 125 Å². The Morgan fingerprint density at radius 3 is 1.30 bits per heavy atom. The summed E-state index contributed by atoms with van der Waals surface area (Å²) in [6.07, 6.45) is 0. The van der Waals surface area contributed by atoms with Crippen LogP contribution in [0.4, 0.5) is 0 Å². The molecule has 0 bridgehead atoms. The number of nitrogens with zero attached hydrogens (tertiary/aromatic N) is 8. The second-order valence-electron chi connectivity index (χ2n) is 12.2. The standard InChI is InChI=1S/C44H24N8S/c45-25-27-14-18-31(19-15-27)41-48-42(32-20-16-28(26-46)17-21-32)50-43(49-41)33-22-23-34-37(24-33)53-36-13-7-12-35(38(34)36)44-51-39(29-8-3-1-4-9-29)47-40(52-44)30-10-5-2-6-11-30/h1-24H. The fourth-order valence-corrected chi connectivity index (χ4v) is 7.40. The fraction of sp³-hybridized carbons (Fsp3) is 0. The van der Waals surface area contributed by atoms with E-state index >= 15 is 0 Å². The third-order valence-electron chi connectivity index (χ3n) is 8.88.